The van der Waals surface area contributed by atoms with E-state index in [1.807, 2.05) is 17.0 Å². The molecule has 0 aliphatic carbocycles. The molecule has 0 spiro atoms. The normalized spacial score (nSPS) is 16.7. The maximum absolute atomic E-state index is 12.3. The molecule has 1 atom stereocenters. The summed E-state index contributed by atoms with van der Waals surface area (Å²) in [6, 6.07) is 8.33. The first-order chi connectivity index (χ1) is 12.9. The molecule has 1 aromatic rings. The predicted octanol–water partition coefficient (Wildman–Crippen LogP) is 3.19. The van der Waals surface area contributed by atoms with Gasteiger partial charge in [0, 0.05) is 36.3 Å². The van der Waals surface area contributed by atoms with Crippen molar-refractivity contribution in [1.82, 2.24) is 15.1 Å². The molecule has 1 N–H and O–H groups in total. The van der Waals surface area contributed by atoms with Gasteiger partial charge in [0.05, 0.1) is 6.54 Å². The zero-order valence-corrected chi connectivity index (χ0v) is 17.2. The largest absolute Gasteiger partial charge is 0.343 e. The number of carbonyl (C=O) groups excluding carboxylic acids is 2. The summed E-state index contributed by atoms with van der Waals surface area (Å²) < 4.78 is 0. The summed E-state index contributed by atoms with van der Waals surface area (Å²) >= 11 is 5.92. The van der Waals surface area contributed by atoms with Gasteiger partial charge in [-0.05, 0) is 57.0 Å². The average Bonchev–Trinajstić information content (AvgIpc) is 2.69. The molecule has 1 aromatic carbocycles. The van der Waals surface area contributed by atoms with Gasteiger partial charge in [0.25, 0.3) is 0 Å². The summed E-state index contributed by atoms with van der Waals surface area (Å²) in [7, 11) is 2.17. The minimum atomic E-state index is -0.283. The molecule has 6 heteroatoms. The molecular weight excluding hydrogens is 362 g/mol. The first kappa shape index (κ1) is 21.5. The van der Waals surface area contributed by atoms with Crippen molar-refractivity contribution in [3.8, 4) is 0 Å². The zero-order chi connectivity index (χ0) is 19.8. The van der Waals surface area contributed by atoms with E-state index >= 15 is 0 Å². The summed E-state index contributed by atoms with van der Waals surface area (Å²) in [5, 5.41) is 3.29. The minimum absolute atomic E-state index is 0.0239. The quantitative estimate of drug-likeness (QED) is 0.726. The molecule has 1 fully saturated rings. The summed E-state index contributed by atoms with van der Waals surface area (Å²) in [4.78, 5) is 28.5. The smallest absolute Gasteiger partial charge is 0.244 e. The van der Waals surface area contributed by atoms with Crippen LogP contribution in [0.5, 0.6) is 0 Å². The van der Waals surface area contributed by atoms with Crippen molar-refractivity contribution in [3.63, 3.8) is 0 Å². The summed E-state index contributed by atoms with van der Waals surface area (Å²) in [6.07, 6.45) is 6.20. The second-order valence-electron chi connectivity index (χ2n) is 7.14. The fourth-order valence-electron chi connectivity index (χ4n) is 3.29. The SMILES string of the molecule is CC[C@H](C)N(C)C1CCN(C(=O)CNC(=O)/C=C/c2cccc(Cl)c2)CC1. The molecule has 0 saturated carbocycles. The van der Waals surface area contributed by atoms with E-state index in [0.29, 0.717) is 17.1 Å². The van der Waals surface area contributed by atoms with Crippen molar-refractivity contribution >= 4 is 29.5 Å². The highest BCUT2D eigenvalue weighted by atomic mass is 35.5. The van der Waals surface area contributed by atoms with Crippen LogP contribution in [0, 0.1) is 0 Å². The Bertz CT molecular complexity index is 669. The predicted molar refractivity (Wildman–Crippen MR) is 111 cm³/mol. The molecule has 1 saturated heterocycles. The summed E-state index contributed by atoms with van der Waals surface area (Å²) in [6.45, 7) is 5.97. The van der Waals surface area contributed by atoms with Gasteiger partial charge in [-0.3, -0.25) is 9.59 Å². The van der Waals surface area contributed by atoms with Crippen molar-refractivity contribution in [1.29, 1.82) is 0 Å². The van der Waals surface area contributed by atoms with Gasteiger partial charge in [-0.2, -0.15) is 0 Å². The van der Waals surface area contributed by atoms with Gasteiger partial charge >= 0.3 is 0 Å². The van der Waals surface area contributed by atoms with Crippen LogP contribution in [0.4, 0.5) is 0 Å². The number of amides is 2. The Kier molecular flexibility index (Phi) is 8.32. The van der Waals surface area contributed by atoms with Gasteiger partial charge in [0.2, 0.25) is 11.8 Å². The Labute approximate surface area is 167 Å². The number of piperidine rings is 1. The summed E-state index contributed by atoms with van der Waals surface area (Å²) in [5.41, 5.74) is 0.844. The standard InChI is InChI=1S/C21H30ClN3O2/c1-4-16(2)24(3)19-10-12-25(13-11-19)21(27)15-23-20(26)9-8-17-6-5-7-18(22)14-17/h5-9,14,16,19H,4,10-13,15H2,1-3H3,(H,23,26)/b9-8+/t16-/m0/s1. The Hall–Kier alpha value is -1.85. The minimum Gasteiger partial charge on any atom is -0.343 e. The molecule has 2 amide bonds. The van der Waals surface area contributed by atoms with E-state index in [2.05, 4.69) is 31.1 Å². The molecule has 0 aromatic heterocycles. The number of nitrogens with one attached hydrogen (secondary N) is 1. The third-order valence-corrected chi connectivity index (χ3v) is 5.60. The summed E-state index contributed by atoms with van der Waals surface area (Å²) in [5.74, 6) is -0.307. The second-order valence-corrected chi connectivity index (χ2v) is 7.58. The van der Waals surface area contributed by atoms with Crippen molar-refractivity contribution in [2.24, 2.45) is 0 Å². The van der Waals surface area contributed by atoms with E-state index in [1.54, 1.807) is 18.2 Å². The van der Waals surface area contributed by atoms with E-state index in [1.165, 1.54) is 6.08 Å². The van der Waals surface area contributed by atoms with Gasteiger partial charge < -0.3 is 15.1 Å². The molecule has 0 bridgehead atoms. The number of rotatable bonds is 7. The van der Waals surface area contributed by atoms with E-state index in [0.717, 1.165) is 37.9 Å². The highest BCUT2D eigenvalue weighted by molar-refractivity contribution is 6.30. The lowest BCUT2D eigenvalue weighted by Gasteiger charge is -2.39. The van der Waals surface area contributed by atoms with E-state index in [-0.39, 0.29) is 18.4 Å². The molecule has 1 heterocycles. The lowest BCUT2D eigenvalue weighted by atomic mass is 10.0. The van der Waals surface area contributed by atoms with Crippen LogP contribution in [0.3, 0.4) is 0 Å². The third kappa shape index (κ3) is 6.67. The average molecular weight is 392 g/mol. The highest BCUT2D eigenvalue weighted by Crippen LogP contribution is 2.18. The van der Waals surface area contributed by atoms with E-state index < -0.39 is 0 Å². The van der Waals surface area contributed by atoms with Crippen LogP contribution in [-0.4, -0.2) is 60.4 Å². The van der Waals surface area contributed by atoms with E-state index in [4.69, 9.17) is 11.6 Å². The number of likely N-dealkylation sites (tertiary alicyclic amines) is 1. The fourth-order valence-corrected chi connectivity index (χ4v) is 3.48. The molecule has 2 rings (SSSR count). The Morgan fingerprint density at radius 2 is 2.07 bits per heavy atom. The maximum Gasteiger partial charge on any atom is 0.244 e. The number of hydrogen-bond acceptors (Lipinski definition) is 3. The van der Waals surface area contributed by atoms with Gasteiger partial charge in [0.1, 0.15) is 0 Å². The maximum atomic E-state index is 12.3. The van der Waals surface area contributed by atoms with Gasteiger partial charge in [-0.1, -0.05) is 30.7 Å². The Morgan fingerprint density at radius 1 is 1.37 bits per heavy atom. The van der Waals surface area contributed by atoms with Gasteiger partial charge in [-0.15, -0.1) is 0 Å². The topological polar surface area (TPSA) is 52.6 Å². The molecule has 1 aliphatic heterocycles. The number of nitrogens with zero attached hydrogens (tertiary/aromatic N) is 2. The number of hydrogen-bond donors (Lipinski definition) is 1. The molecule has 148 valence electrons. The fraction of sp³-hybridized carbons (Fsp3) is 0.524. The second kappa shape index (κ2) is 10.5. The molecule has 5 nitrogen and oxygen atoms in total. The monoisotopic (exact) mass is 391 g/mol. The molecule has 0 radical (unpaired) electrons. The molecule has 27 heavy (non-hydrogen) atoms. The van der Waals surface area contributed by atoms with Crippen LogP contribution in [0.2, 0.25) is 5.02 Å². The van der Waals surface area contributed by atoms with Crippen LogP contribution < -0.4 is 5.32 Å². The first-order valence-corrected chi connectivity index (χ1v) is 9.99. The molecular formula is C21H30ClN3O2. The van der Waals surface area contributed by atoms with Crippen molar-refractivity contribution < 1.29 is 9.59 Å². The van der Waals surface area contributed by atoms with Crippen molar-refractivity contribution in [2.75, 3.05) is 26.7 Å². The molecule has 0 unspecified atom stereocenters. The van der Waals surface area contributed by atoms with Crippen molar-refractivity contribution in [2.45, 2.75) is 45.2 Å². The lowest BCUT2D eigenvalue weighted by Crippen LogP contribution is -2.49. The van der Waals surface area contributed by atoms with Crippen LogP contribution in [0.1, 0.15) is 38.7 Å². The van der Waals surface area contributed by atoms with Crippen LogP contribution in [0.25, 0.3) is 6.08 Å². The number of benzene rings is 1. The first-order valence-electron chi connectivity index (χ1n) is 9.62. The number of carbonyl (C=O) groups is 2. The highest BCUT2D eigenvalue weighted by Gasteiger charge is 2.26. The van der Waals surface area contributed by atoms with Crippen molar-refractivity contribution in [3.05, 3.63) is 40.9 Å². The Balaban J connectivity index is 1.74. The number of halogens is 1. The van der Waals surface area contributed by atoms with E-state index in [9.17, 15) is 9.59 Å². The van der Waals surface area contributed by atoms with Crippen LogP contribution >= 0.6 is 11.6 Å². The Morgan fingerprint density at radius 3 is 2.70 bits per heavy atom. The van der Waals surface area contributed by atoms with Gasteiger partial charge in [0.15, 0.2) is 0 Å². The third-order valence-electron chi connectivity index (χ3n) is 5.37. The van der Waals surface area contributed by atoms with Crippen LogP contribution in [-0.2, 0) is 9.59 Å². The lowest BCUT2D eigenvalue weighted by molar-refractivity contribution is -0.133. The van der Waals surface area contributed by atoms with Gasteiger partial charge in [-0.25, -0.2) is 0 Å². The molecule has 1 aliphatic rings. The van der Waals surface area contributed by atoms with Crippen LogP contribution in [0.15, 0.2) is 30.3 Å². The zero-order valence-electron chi connectivity index (χ0n) is 16.5.